The normalized spacial score (nSPS) is 13.9. The molecule has 0 saturated carbocycles. The highest BCUT2D eigenvalue weighted by Crippen LogP contribution is 2.32. The van der Waals surface area contributed by atoms with Gasteiger partial charge in [0.15, 0.2) is 0 Å². The Morgan fingerprint density at radius 1 is 0.833 bits per heavy atom. The number of hydrogen-bond donors (Lipinski definition) is 1. The monoisotopic (exact) mass is 496 g/mol. The van der Waals surface area contributed by atoms with Crippen LogP contribution in [0.2, 0.25) is 0 Å². The summed E-state index contributed by atoms with van der Waals surface area (Å²) < 4.78 is 39.8. The molecule has 1 saturated heterocycles. The van der Waals surface area contributed by atoms with E-state index in [4.69, 9.17) is 0 Å². The molecule has 3 amide bonds. The Kier molecular flexibility index (Phi) is 7.33. The fraction of sp³-hybridized carbons (Fsp3) is 0.231. The van der Waals surface area contributed by atoms with Crippen LogP contribution in [-0.2, 0) is 11.0 Å². The number of nitrogens with one attached hydrogen (secondary N) is 1. The summed E-state index contributed by atoms with van der Waals surface area (Å²) in [5.74, 6) is -1.47. The Morgan fingerprint density at radius 3 is 2.11 bits per heavy atom. The van der Waals surface area contributed by atoms with E-state index in [1.165, 1.54) is 21.9 Å². The summed E-state index contributed by atoms with van der Waals surface area (Å²) >= 11 is 0. The second-order valence-corrected chi connectivity index (χ2v) is 8.19. The van der Waals surface area contributed by atoms with Crippen molar-refractivity contribution >= 4 is 17.7 Å². The van der Waals surface area contributed by atoms with Gasteiger partial charge in [-0.15, -0.1) is 0 Å². The Hall–Kier alpha value is -4.21. The van der Waals surface area contributed by atoms with Gasteiger partial charge in [-0.1, -0.05) is 30.3 Å². The minimum absolute atomic E-state index is 0.0969. The average molecular weight is 496 g/mol. The largest absolute Gasteiger partial charge is 0.417 e. The van der Waals surface area contributed by atoms with E-state index in [9.17, 15) is 27.6 Å². The number of benzene rings is 2. The van der Waals surface area contributed by atoms with Gasteiger partial charge in [0.05, 0.1) is 23.4 Å². The van der Waals surface area contributed by atoms with Crippen molar-refractivity contribution in [1.29, 1.82) is 0 Å². The number of hydrogen-bond acceptors (Lipinski definition) is 4. The van der Waals surface area contributed by atoms with Gasteiger partial charge in [0.1, 0.15) is 0 Å². The molecule has 1 aliphatic rings. The number of amides is 3. The third kappa shape index (κ3) is 5.70. The molecule has 0 spiro atoms. The number of rotatable bonds is 5. The summed E-state index contributed by atoms with van der Waals surface area (Å²) in [6.45, 7) is 0.284. The fourth-order valence-electron chi connectivity index (χ4n) is 3.94. The topological polar surface area (TPSA) is 82.6 Å². The molecular weight excluding hydrogens is 473 g/mol. The first kappa shape index (κ1) is 24.9. The third-order valence-electron chi connectivity index (χ3n) is 5.89. The lowest BCUT2D eigenvalue weighted by atomic mass is 10.1. The molecular formula is C26H23F3N4O3. The van der Waals surface area contributed by atoms with Crippen molar-refractivity contribution in [2.24, 2.45) is 0 Å². The lowest BCUT2D eigenvalue weighted by Crippen LogP contribution is -2.52. The molecule has 1 aliphatic heterocycles. The number of aromatic nitrogens is 1. The van der Waals surface area contributed by atoms with Gasteiger partial charge in [-0.3, -0.25) is 19.4 Å². The Labute approximate surface area is 205 Å². The van der Waals surface area contributed by atoms with E-state index in [1.54, 1.807) is 30.5 Å². The van der Waals surface area contributed by atoms with E-state index in [-0.39, 0.29) is 38.6 Å². The molecule has 10 heteroatoms. The van der Waals surface area contributed by atoms with Crippen LogP contribution < -0.4 is 5.32 Å². The van der Waals surface area contributed by atoms with Gasteiger partial charge in [0.2, 0.25) is 5.91 Å². The van der Waals surface area contributed by atoms with Gasteiger partial charge in [0, 0.05) is 43.5 Å². The van der Waals surface area contributed by atoms with Gasteiger partial charge >= 0.3 is 6.18 Å². The Bertz CT molecular complexity index is 1240. The zero-order valence-corrected chi connectivity index (χ0v) is 19.2. The maximum Gasteiger partial charge on any atom is 0.417 e. The summed E-state index contributed by atoms with van der Waals surface area (Å²) in [5, 5.41) is 2.59. The van der Waals surface area contributed by atoms with Crippen LogP contribution in [0.15, 0.2) is 72.9 Å². The van der Waals surface area contributed by atoms with Crippen LogP contribution in [-0.4, -0.2) is 65.2 Å². The van der Waals surface area contributed by atoms with Gasteiger partial charge in [0.25, 0.3) is 11.8 Å². The summed E-state index contributed by atoms with van der Waals surface area (Å²) in [6, 6.07) is 17.0. The van der Waals surface area contributed by atoms with E-state index in [0.717, 1.165) is 23.4 Å². The molecule has 0 atom stereocenters. The highest BCUT2D eigenvalue weighted by Gasteiger charge is 2.36. The van der Waals surface area contributed by atoms with Crippen LogP contribution in [0.5, 0.6) is 0 Å². The van der Waals surface area contributed by atoms with Crippen molar-refractivity contribution in [2.75, 3.05) is 32.7 Å². The first-order chi connectivity index (χ1) is 17.2. The van der Waals surface area contributed by atoms with Gasteiger partial charge in [-0.2, -0.15) is 13.2 Å². The Morgan fingerprint density at radius 2 is 1.47 bits per heavy atom. The fourth-order valence-corrected chi connectivity index (χ4v) is 3.94. The molecule has 1 fully saturated rings. The van der Waals surface area contributed by atoms with Crippen molar-refractivity contribution < 1.29 is 27.6 Å². The molecule has 1 N–H and O–H groups in total. The number of nitrogens with zero attached hydrogens (tertiary/aromatic N) is 3. The highest BCUT2D eigenvalue weighted by atomic mass is 19.4. The molecule has 36 heavy (non-hydrogen) atoms. The van der Waals surface area contributed by atoms with E-state index < -0.39 is 29.1 Å². The number of piperazine rings is 1. The number of carbonyl (C=O) groups excluding carboxylic acids is 3. The number of halogens is 3. The van der Waals surface area contributed by atoms with E-state index in [2.05, 4.69) is 10.3 Å². The number of carbonyl (C=O) groups is 3. The molecule has 2 aromatic carbocycles. The van der Waals surface area contributed by atoms with Crippen molar-refractivity contribution in [3.8, 4) is 11.3 Å². The van der Waals surface area contributed by atoms with Gasteiger partial charge in [-0.25, -0.2) is 0 Å². The SMILES string of the molecule is O=C(NCC(=O)N1CCN(C(=O)c2ccccc2C(F)(F)F)CC1)c1ccc(-c2ccccn2)cc1. The van der Waals surface area contributed by atoms with E-state index in [0.29, 0.717) is 5.56 Å². The molecule has 0 aliphatic carbocycles. The molecule has 7 nitrogen and oxygen atoms in total. The highest BCUT2D eigenvalue weighted by molar-refractivity contribution is 5.97. The number of alkyl halides is 3. The van der Waals surface area contributed by atoms with Crippen LogP contribution in [0, 0.1) is 0 Å². The molecule has 186 valence electrons. The first-order valence-electron chi connectivity index (χ1n) is 11.3. The standard InChI is InChI=1S/C26H23F3N4O3/c27-26(28,29)21-6-2-1-5-20(21)25(36)33-15-13-32(14-16-33)23(34)17-31-24(35)19-10-8-18(9-11-19)22-7-3-4-12-30-22/h1-12H,13-17H2,(H,31,35). The molecule has 0 bridgehead atoms. The molecule has 2 heterocycles. The quantitative estimate of drug-likeness (QED) is 0.587. The minimum Gasteiger partial charge on any atom is -0.343 e. The van der Waals surface area contributed by atoms with Crippen molar-refractivity contribution in [3.63, 3.8) is 0 Å². The Balaban J connectivity index is 1.28. The lowest BCUT2D eigenvalue weighted by Gasteiger charge is -2.35. The third-order valence-corrected chi connectivity index (χ3v) is 5.89. The van der Waals surface area contributed by atoms with Crippen LogP contribution in [0.1, 0.15) is 26.3 Å². The van der Waals surface area contributed by atoms with E-state index >= 15 is 0 Å². The molecule has 0 radical (unpaired) electrons. The first-order valence-corrected chi connectivity index (χ1v) is 11.3. The zero-order chi connectivity index (χ0) is 25.7. The second kappa shape index (κ2) is 10.6. The van der Waals surface area contributed by atoms with Crippen molar-refractivity contribution in [3.05, 3.63) is 89.6 Å². The maximum atomic E-state index is 13.3. The van der Waals surface area contributed by atoms with Crippen LogP contribution in [0.4, 0.5) is 13.2 Å². The van der Waals surface area contributed by atoms with Crippen molar-refractivity contribution in [2.45, 2.75) is 6.18 Å². The van der Waals surface area contributed by atoms with E-state index in [1.807, 2.05) is 18.2 Å². The van der Waals surface area contributed by atoms with Gasteiger partial charge in [-0.05, 0) is 36.4 Å². The summed E-state index contributed by atoms with van der Waals surface area (Å²) in [5.41, 5.74) is 0.629. The zero-order valence-electron chi connectivity index (χ0n) is 19.2. The second-order valence-electron chi connectivity index (χ2n) is 8.19. The maximum absolute atomic E-state index is 13.3. The van der Waals surface area contributed by atoms with Crippen LogP contribution >= 0.6 is 0 Å². The molecule has 4 rings (SSSR count). The average Bonchev–Trinajstić information content (AvgIpc) is 2.91. The molecule has 0 unspecified atom stereocenters. The predicted octanol–water partition coefficient (Wildman–Crippen LogP) is 3.48. The molecule has 1 aromatic heterocycles. The van der Waals surface area contributed by atoms with Crippen molar-refractivity contribution in [1.82, 2.24) is 20.1 Å². The number of pyridine rings is 1. The van der Waals surface area contributed by atoms with Crippen LogP contribution in [0.25, 0.3) is 11.3 Å². The summed E-state index contributed by atoms with van der Waals surface area (Å²) in [4.78, 5) is 44.7. The smallest absolute Gasteiger partial charge is 0.343 e. The minimum atomic E-state index is -4.64. The summed E-state index contributed by atoms with van der Waals surface area (Å²) in [7, 11) is 0. The summed E-state index contributed by atoms with van der Waals surface area (Å²) in [6.07, 6.45) is -2.96. The predicted molar refractivity (Wildman–Crippen MR) is 126 cm³/mol. The van der Waals surface area contributed by atoms with Crippen LogP contribution in [0.3, 0.4) is 0 Å². The molecule has 3 aromatic rings. The van der Waals surface area contributed by atoms with Gasteiger partial charge < -0.3 is 15.1 Å². The lowest BCUT2D eigenvalue weighted by molar-refractivity contribution is -0.138.